The quantitative estimate of drug-likeness (QED) is 0.402. The van der Waals surface area contributed by atoms with Gasteiger partial charge in [-0.2, -0.15) is 0 Å². The number of carbonyl (C=O) groups excluding carboxylic acids is 4. The predicted molar refractivity (Wildman–Crippen MR) is 94.1 cm³/mol. The largest absolute Gasteiger partial charge is 0.461 e. The van der Waals surface area contributed by atoms with Gasteiger partial charge in [0.25, 0.3) is 5.91 Å². The third kappa shape index (κ3) is 9.39. The Kier molecular flexibility index (Phi) is 11.3. The fourth-order valence-corrected chi connectivity index (χ4v) is 2.15. The van der Waals surface area contributed by atoms with Crippen LogP contribution in [-0.2, 0) is 33.4 Å². The Hall–Kier alpha value is -2.12. The maximum absolute atomic E-state index is 12.6. The van der Waals surface area contributed by atoms with Crippen LogP contribution in [0.5, 0.6) is 0 Å². The number of hydrogen-bond donors (Lipinski definition) is 0. The van der Waals surface area contributed by atoms with E-state index in [4.69, 9.17) is 14.2 Å². The van der Waals surface area contributed by atoms with Gasteiger partial charge in [0.15, 0.2) is 6.10 Å². The molecule has 0 N–H and O–H groups in total. The van der Waals surface area contributed by atoms with Gasteiger partial charge in [0.1, 0.15) is 12.2 Å². The smallest absolute Gasteiger partial charge is 0.306 e. The first-order valence-corrected chi connectivity index (χ1v) is 9.01. The van der Waals surface area contributed by atoms with Gasteiger partial charge < -0.3 is 19.1 Å². The van der Waals surface area contributed by atoms with Crippen molar-refractivity contribution in [2.45, 2.75) is 79.1 Å². The molecule has 0 aliphatic heterocycles. The number of nitrogens with zero attached hydrogens (tertiary/aromatic N) is 1. The molecule has 150 valence electrons. The highest BCUT2D eigenvalue weighted by molar-refractivity contribution is 5.83. The van der Waals surface area contributed by atoms with Gasteiger partial charge in [0.05, 0.1) is 13.1 Å². The van der Waals surface area contributed by atoms with E-state index < -0.39 is 30.2 Å². The first-order chi connectivity index (χ1) is 12.1. The van der Waals surface area contributed by atoms with Crippen LogP contribution in [0.4, 0.5) is 0 Å². The normalized spacial score (nSPS) is 13.9. The van der Waals surface area contributed by atoms with E-state index in [1.54, 1.807) is 34.6 Å². The van der Waals surface area contributed by atoms with Crippen molar-refractivity contribution in [3.8, 4) is 0 Å². The molecule has 8 heteroatoms. The van der Waals surface area contributed by atoms with E-state index in [9.17, 15) is 19.2 Å². The molecule has 0 heterocycles. The fraction of sp³-hybridized carbons (Fsp3) is 0.778. The number of carbonyl (C=O) groups is 4. The molecule has 26 heavy (non-hydrogen) atoms. The molecule has 0 aliphatic carbocycles. The Balaban J connectivity index is 5.06. The van der Waals surface area contributed by atoms with E-state index >= 15 is 0 Å². The molecule has 0 aliphatic rings. The lowest BCUT2D eigenvalue weighted by atomic mass is 10.2. The number of amides is 1. The molecule has 0 rings (SSSR count). The summed E-state index contributed by atoms with van der Waals surface area (Å²) in [5, 5.41) is 0. The first kappa shape index (κ1) is 23.9. The van der Waals surface area contributed by atoms with Crippen molar-refractivity contribution in [2.24, 2.45) is 0 Å². The van der Waals surface area contributed by atoms with Crippen LogP contribution in [0.3, 0.4) is 0 Å². The van der Waals surface area contributed by atoms with E-state index in [0.29, 0.717) is 0 Å². The van der Waals surface area contributed by atoms with Crippen LogP contribution in [0.2, 0.25) is 0 Å². The average Bonchev–Trinajstić information content (AvgIpc) is 2.59. The van der Waals surface area contributed by atoms with Crippen LogP contribution < -0.4 is 0 Å². The van der Waals surface area contributed by atoms with Crippen molar-refractivity contribution < 1.29 is 33.4 Å². The molecular weight excluding hydrogens is 342 g/mol. The molecule has 0 saturated heterocycles. The minimum Gasteiger partial charge on any atom is -0.461 e. The summed E-state index contributed by atoms with van der Waals surface area (Å²) in [7, 11) is 0. The van der Waals surface area contributed by atoms with Crippen molar-refractivity contribution >= 4 is 23.8 Å². The predicted octanol–water partition coefficient (Wildman–Crippen LogP) is 1.84. The average molecular weight is 373 g/mol. The van der Waals surface area contributed by atoms with Gasteiger partial charge in [-0.25, -0.2) is 0 Å². The summed E-state index contributed by atoms with van der Waals surface area (Å²) in [5.74, 6) is -1.67. The topological polar surface area (TPSA) is 99.2 Å². The summed E-state index contributed by atoms with van der Waals surface area (Å²) < 4.78 is 15.5. The van der Waals surface area contributed by atoms with E-state index in [-0.39, 0.29) is 44.3 Å². The number of hydrogen-bond acceptors (Lipinski definition) is 7. The van der Waals surface area contributed by atoms with Gasteiger partial charge in [0.2, 0.25) is 0 Å². The fourth-order valence-electron chi connectivity index (χ4n) is 2.15. The van der Waals surface area contributed by atoms with Gasteiger partial charge in [0, 0.05) is 19.3 Å². The third-order valence-electron chi connectivity index (χ3n) is 3.45. The summed E-state index contributed by atoms with van der Waals surface area (Å²) in [6.07, 6.45) is -1.46. The second-order valence-electron chi connectivity index (χ2n) is 6.04. The molecule has 1 amide bonds. The lowest BCUT2D eigenvalue weighted by Gasteiger charge is -2.30. The molecule has 0 aromatic rings. The summed E-state index contributed by atoms with van der Waals surface area (Å²) in [6.45, 7) is 10.0. The van der Waals surface area contributed by atoms with Crippen LogP contribution in [-0.4, -0.2) is 60.1 Å². The van der Waals surface area contributed by atoms with Crippen molar-refractivity contribution in [2.75, 3.05) is 13.1 Å². The lowest BCUT2D eigenvalue weighted by Crippen LogP contribution is -2.47. The Morgan fingerprint density at radius 2 is 1.04 bits per heavy atom. The molecule has 3 atom stereocenters. The highest BCUT2D eigenvalue weighted by atomic mass is 16.6. The van der Waals surface area contributed by atoms with E-state index in [2.05, 4.69) is 0 Å². The number of esters is 3. The lowest BCUT2D eigenvalue weighted by molar-refractivity contribution is -0.162. The summed E-state index contributed by atoms with van der Waals surface area (Å²) in [4.78, 5) is 48.3. The molecule has 0 bridgehead atoms. The second-order valence-corrected chi connectivity index (χ2v) is 6.04. The monoisotopic (exact) mass is 373 g/mol. The van der Waals surface area contributed by atoms with Gasteiger partial charge in [-0.3, -0.25) is 19.2 Å². The third-order valence-corrected chi connectivity index (χ3v) is 3.45. The SMILES string of the molecule is CCC(=O)O[C@H](C)CN(C[C@@H](C)OC(=O)CC)C(=O)[C@@H](C)OC(=O)CC. The van der Waals surface area contributed by atoms with Crippen LogP contribution in [0, 0.1) is 0 Å². The summed E-state index contributed by atoms with van der Waals surface area (Å²) >= 11 is 0. The molecule has 0 spiro atoms. The Labute approximate surface area is 155 Å². The Morgan fingerprint density at radius 3 is 1.38 bits per heavy atom. The van der Waals surface area contributed by atoms with E-state index in [0.717, 1.165) is 0 Å². The van der Waals surface area contributed by atoms with Crippen LogP contribution in [0.25, 0.3) is 0 Å². The van der Waals surface area contributed by atoms with Crippen molar-refractivity contribution in [3.05, 3.63) is 0 Å². The molecule has 0 aromatic carbocycles. The van der Waals surface area contributed by atoms with Crippen molar-refractivity contribution in [1.29, 1.82) is 0 Å². The Bertz CT molecular complexity index is 466. The maximum Gasteiger partial charge on any atom is 0.306 e. The standard InChI is InChI=1S/C18H31NO7/c1-7-15(20)24-12(4)10-19(11-13(5)25-16(21)8-2)18(23)14(6)26-17(22)9-3/h12-14H,7-11H2,1-6H3/t12-,13-,14-/m1/s1. The van der Waals surface area contributed by atoms with Gasteiger partial charge in [-0.05, 0) is 20.8 Å². The van der Waals surface area contributed by atoms with Gasteiger partial charge >= 0.3 is 17.9 Å². The summed E-state index contributed by atoms with van der Waals surface area (Å²) in [6, 6.07) is 0. The highest BCUT2D eigenvalue weighted by Crippen LogP contribution is 2.08. The molecular formula is C18H31NO7. The minimum absolute atomic E-state index is 0.104. The van der Waals surface area contributed by atoms with Crippen LogP contribution in [0.1, 0.15) is 60.8 Å². The van der Waals surface area contributed by atoms with Crippen LogP contribution in [0.15, 0.2) is 0 Å². The zero-order valence-electron chi connectivity index (χ0n) is 16.6. The minimum atomic E-state index is -0.981. The van der Waals surface area contributed by atoms with E-state index in [1.165, 1.54) is 11.8 Å². The zero-order chi connectivity index (χ0) is 20.3. The molecule has 0 radical (unpaired) electrons. The van der Waals surface area contributed by atoms with Crippen molar-refractivity contribution in [3.63, 3.8) is 0 Å². The first-order valence-electron chi connectivity index (χ1n) is 9.01. The zero-order valence-corrected chi connectivity index (χ0v) is 16.6. The molecule has 8 nitrogen and oxygen atoms in total. The highest BCUT2D eigenvalue weighted by Gasteiger charge is 2.27. The summed E-state index contributed by atoms with van der Waals surface area (Å²) in [5.41, 5.74) is 0. The van der Waals surface area contributed by atoms with Gasteiger partial charge in [-0.1, -0.05) is 20.8 Å². The van der Waals surface area contributed by atoms with Gasteiger partial charge in [-0.15, -0.1) is 0 Å². The number of rotatable bonds is 11. The molecule has 0 unspecified atom stereocenters. The second kappa shape index (κ2) is 12.3. The molecule has 0 fully saturated rings. The maximum atomic E-state index is 12.6. The van der Waals surface area contributed by atoms with Crippen LogP contribution >= 0.6 is 0 Å². The number of ether oxygens (including phenoxy) is 3. The molecule has 0 aromatic heterocycles. The van der Waals surface area contributed by atoms with E-state index in [1.807, 2.05) is 0 Å². The molecule has 0 saturated carbocycles. The Morgan fingerprint density at radius 1 is 0.692 bits per heavy atom. The van der Waals surface area contributed by atoms with Crippen molar-refractivity contribution in [1.82, 2.24) is 4.90 Å².